The third-order valence-electron chi connectivity index (χ3n) is 5.25. The molecule has 1 amide bonds. The monoisotopic (exact) mass is 401 g/mol. The van der Waals surface area contributed by atoms with Crippen LogP contribution < -0.4 is 10.9 Å². The van der Waals surface area contributed by atoms with Crippen LogP contribution in [-0.4, -0.2) is 41.1 Å². The van der Waals surface area contributed by atoms with Crippen LogP contribution in [0.5, 0.6) is 0 Å². The first kappa shape index (κ1) is 16.5. The summed E-state index contributed by atoms with van der Waals surface area (Å²) in [7, 11) is 0. The summed E-state index contributed by atoms with van der Waals surface area (Å²) in [5.74, 6) is 0.468. The summed E-state index contributed by atoms with van der Waals surface area (Å²) in [5.41, 5.74) is 1.10. The van der Waals surface area contributed by atoms with E-state index in [-0.39, 0.29) is 17.5 Å². The largest absolute Gasteiger partial charge is 0.348 e. The van der Waals surface area contributed by atoms with Crippen LogP contribution >= 0.6 is 15.9 Å². The molecule has 1 aromatic heterocycles. The average molecular weight is 402 g/mol. The van der Waals surface area contributed by atoms with Gasteiger partial charge in [0.25, 0.3) is 11.5 Å². The maximum Gasteiger partial charge on any atom is 0.255 e. The van der Waals surface area contributed by atoms with Crippen LogP contribution in [0.3, 0.4) is 0 Å². The van der Waals surface area contributed by atoms with Crippen molar-refractivity contribution >= 4 is 21.8 Å². The van der Waals surface area contributed by atoms with Gasteiger partial charge in [0.1, 0.15) is 0 Å². The standard InChI is InChI=1S/C19H20BrN3O2/c20-15-2-4-16(5-3-15)23-11-14(1-6-18(23)24)19(25)21-17-12-22-9-7-13(17)8-10-22/h1-6,11,13,17H,7-10,12H2,(H,21,25). The van der Waals surface area contributed by atoms with Crippen LogP contribution in [0.1, 0.15) is 23.2 Å². The molecule has 5 rings (SSSR count). The number of hydrogen-bond acceptors (Lipinski definition) is 3. The minimum Gasteiger partial charge on any atom is -0.348 e. The Bertz CT molecular complexity index is 838. The Morgan fingerprint density at radius 1 is 1.08 bits per heavy atom. The highest BCUT2D eigenvalue weighted by atomic mass is 79.9. The zero-order valence-electron chi connectivity index (χ0n) is 13.8. The Morgan fingerprint density at radius 2 is 1.80 bits per heavy atom. The molecule has 3 fully saturated rings. The predicted octanol–water partition coefficient (Wildman–Crippen LogP) is 2.42. The van der Waals surface area contributed by atoms with Crippen LogP contribution in [-0.2, 0) is 0 Å². The normalized spacial score (nSPS) is 24.9. The molecular weight excluding hydrogens is 382 g/mol. The third-order valence-corrected chi connectivity index (χ3v) is 5.78. The number of benzene rings is 1. The Hall–Kier alpha value is -1.92. The molecule has 3 aliphatic heterocycles. The lowest BCUT2D eigenvalue weighted by Crippen LogP contribution is -2.57. The Kier molecular flexibility index (Phi) is 4.48. The van der Waals surface area contributed by atoms with E-state index in [0.29, 0.717) is 11.5 Å². The molecule has 1 unspecified atom stereocenters. The van der Waals surface area contributed by atoms with Gasteiger partial charge >= 0.3 is 0 Å². The highest BCUT2D eigenvalue weighted by Gasteiger charge is 2.34. The molecule has 0 saturated carbocycles. The van der Waals surface area contributed by atoms with Crippen LogP contribution in [0.4, 0.5) is 0 Å². The van der Waals surface area contributed by atoms with Crippen molar-refractivity contribution in [3.63, 3.8) is 0 Å². The fraction of sp³-hybridized carbons (Fsp3) is 0.368. The zero-order valence-corrected chi connectivity index (χ0v) is 15.4. The fourth-order valence-corrected chi connectivity index (χ4v) is 4.07. The van der Waals surface area contributed by atoms with E-state index in [1.54, 1.807) is 12.3 Å². The van der Waals surface area contributed by atoms with E-state index in [1.807, 2.05) is 24.3 Å². The second-order valence-electron chi connectivity index (χ2n) is 6.82. The number of carbonyl (C=O) groups excluding carboxylic acids is 1. The van der Waals surface area contributed by atoms with E-state index in [4.69, 9.17) is 0 Å². The van der Waals surface area contributed by atoms with Crippen LogP contribution in [0.25, 0.3) is 5.69 Å². The van der Waals surface area contributed by atoms with Crippen molar-refractivity contribution in [2.75, 3.05) is 19.6 Å². The second kappa shape index (κ2) is 6.77. The van der Waals surface area contributed by atoms with Crippen molar-refractivity contribution < 1.29 is 4.79 Å². The molecule has 6 heteroatoms. The molecule has 0 spiro atoms. The van der Waals surface area contributed by atoms with Gasteiger partial charge < -0.3 is 10.2 Å². The van der Waals surface area contributed by atoms with Crippen molar-refractivity contribution in [2.24, 2.45) is 5.92 Å². The number of piperidine rings is 3. The zero-order chi connectivity index (χ0) is 17.4. The number of nitrogens with zero attached hydrogens (tertiary/aromatic N) is 2. The summed E-state index contributed by atoms with van der Waals surface area (Å²) in [6, 6.07) is 10.7. The van der Waals surface area contributed by atoms with Gasteiger partial charge in [0.2, 0.25) is 0 Å². The maximum atomic E-state index is 12.7. The van der Waals surface area contributed by atoms with Crippen molar-refractivity contribution in [3.8, 4) is 5.69 Å². The molecule has 130 valence electrons. The van der Waals surface area contributed by atoms with Crippen LogP contribution in [0, 0.1) is 5.92 Å². The first-order valence-electron chi connectivity index (χ1n) is 8.62. The molecule has 2 bridgehead atoms. The van der Waals surface area contributed by atoms with Gasteiger partial charge in [-0.05, 0) is 62.2 Å². The maximum absolute atomic E-state index is 12.7. The van der Waals surface area contributed by atoms with Crippen molar-refractivity contribution in [2.45, 2.75) is 18.9 Å². The quantitative estimate of drug-likeness (QED) is 0.858. The number of rotatable bonds is 3. The first-order chi connectivity index (χ1) is 12.1. The van der Waals surface area contributed by atoms with Gasteiger partial charge in [-0.1, -0.05) is 15.9 Å². The van der Waals surface area contributed by atoms with E-state index >= 15 is 0 Å². The van der Waals surface area contributed by atoms with Crippen molar-refractivity contribution in [1.82, 2.24) is 14.8 Å². The van der Waals surface area contributed by atoms with Gasteiger partial charge in [0.15, 0.2) is 0 Å². The Labute approximate surface area is 154 Å². The second-order valence-corrected chi connectivity index (χ2v) is 7.74. The van der Waals surface area contributed by atoms with E-state index in [1.165, 1.54) is 10.6 Å². The number of nitrogens with one attached hydrogen (secondary N) is 1. The van der Waals surface area contributed by atoms with Crippen molar-refractivity contribution in [3.05, 3.63) is 63.0 Å². The molecule has 5 nitrogen and oxygen atoms in total. The van der Waals surface area contributed by atoms with Gasteiger partial charge in [-0.3, -0.25) is 14.2 Å². The molecule has 1 N–H and O–H groups in total. The summed E-state index contributed by atoms with van der Waals surface area (Å²) in [4.78, 5) is 27.3. The highest BCUT2D eigenvalue weighted by molar-refractivity contribution is 9.10. The summed E-state index contributed by atoms with van der Waals surface area (Å²) in [6.45, 7) is 3.22. The van der Waals surface area contributed by atoms with Crippen LogP contribution in [0.2, 0.25) is 0 Å². The molecule has 1 atom stereocenters. The third kappa shape index (κ3) is 3.41. The van der Waals surface area contributed by atoms with Crippen molar-refractivity contribution in [1.29, 1.82) is 0 Å². The molecule has 4 heterocycles. The number of pyridine rings is 1. The lowest BCUT2D eigenvalue weighted by molar-refractivity contribution is 0.0620. The summed E-state index contributed by atoms with van der Waals surface area (Å²) in [6.07, 6.45) is 3.94. The number of amides is 1. The smallest absolute Gasteiger partial charge is 0.255 e. The van der Waals surface area contributed by atoms with Gasteiger partial charge in [-0.25, -0.2) is 0 Å². The van der Waals surface area contributed by atoms with Gasteiger partial charge in [0, 0.05) is 35.0 Å². The first-order valence-corrected chi connectivity index (χ1v) is 9.41. The average Bonchev–Trinajstić information content (AvgIpc) is 2.64. The van der Waals surface area contributed by atoms with Gasteiger partial charge in [-0.15, -0.1) is 0 Å². The predicted molar refractivity (Wildman–Crippen MR) is 100 cm³/mol. The SMILES string of the molecule is O=C(NC1CN2CCC1CC2)c1ccc(=O)n(-c2ccc(Br)cc2)c1. The fourth-order valence-electron chi connectivity index (χ4n) is 3.81. The van der Waals surface area contributed by atoms with E-state index in [0.717, 1.165) is 42.6 Å². The van der Waals surface area contributed by atoms with E-state index < -0.39 is 0 Å². The minimum atomic E-state index is -0.151. The molecule has 25 heavy (non-hydrogen) atoms. The molecule has 0 aliphatic carbocycles. The number of aromatic nitrogens is 1. The summed E-state index contributed by atoms with van der Waals surface area (Å²) >= 11 is 3.39. The summed E-state index contributed by atoms with van der Waals surface area (Å²) < 4.78 is 2.46. The van der Waals surface area contributed by atoms with E-state index in [9.17, 15) is 9.59 Å². The number of hydrogen-bond donors (Lipinski definition) is 1. The highest BCUT2D eigenvalue weighted by Crippen LogP contribution is 2.27. The number of fused-ring (bicyclic) bond motifs is 3. The van der Waals surface area contributed by atoms with Gasteiger partial charge in [0.05, 0.1) is 5.56 Å². The summed E-state index contributed by atoms with van der Waals surface area (Å²) in [5, 5.41) is 3.17. The lowest BCUT2D eigenvalue weighted by atomic mass is 9.84. The van der Waals surface area contributed by atoms with E-state index in [2.05, 4.69) is 26.1 Å². The number of halogens is 1. The Balaban J connectivity index is 1.56. The number of carbonyl (C=O) groups is 1. The minimum absolute atomic E-state index is 0.107. The molecule has 3 aliphatic rings. The molecule has 2 aromatic rings. The molecule has 3 saturated heterocycles. The van der Waals surface area contributed by atoms with Crippen LogP contribution in [0.15, 0.2) is 51.9 Å². The topological polar surface area (TPSA) is 54.3 Å². The molecular formula is C19H20BrN3O2. The van der Waals surface area contributed by atoms with Gasteiger partial charge in [-0.2, -0.15) is 0 Å². The lowest BCUT2D eigenvalue weighted by Gasteiger charge is -2.44. The molecule has 0 radical (unpaired) electrons. The molecule has 1 aromatic carbocycles. The Morgan fingerprint density at radius 3 is 2.44 bits per heavy atom.